The lowest BCUT2D eigenvalue weighted by atomic mass is 10.1. The van der Waals surface area contributed by atoms with E-state index in [1.54, 1.807) is 6.07 Å². The van der Waals surface area contributed by atoms with Gasteiger partial charge in [-0.2, -0.15) is 5.26 Å². The highest BCUT2D eigenvalue weighted by atomic mass is 16.6. The molecule has 0 aromatic heterocycles. The van der Waals surface area contributed by atoms with Crippen molar-refractivity contribution in [1.29, 1.82) is 5.26 Å². The number of nitriles is 1. The van der Waals surface area contributed by atoms with Crippen molar-refractivity contribution in [1.82, 2.24) is 5.32 Å². The second-order valence-corrected chi connectivity index (χ2v) is 4.17. The van der Waals surface area contributed by atoms with E-state index in [0.29, 0.717) is 6.04 Å². The van der Waals surface area contributed by atoms with Crippen molar-refractivity contribution < 1.29 is 4.92 Å². The van der Waals surface area contributed by atoms with Gasteiger partial charge in [-0.15, -0.1) is 0 Å². The maximum absolute atomic E-state index is 10.9. The van der Waals surface area contributed by atoms with Crippen molar-refractivity contribution in [2.24, 2.45) is 0 Å². The molecule has 0 saturated carbocycles. The standard InChI is InChI=1S/C12H14N4O2/c1-2-15(11-7-14-8-11)10-4-3-9(6-13)12(5-10)16(17)18/h3-5,11,14H,2,7-8H2,1H3. The van der Waals surface area contributed by atoms with Crippen LogP contribution in [0.2, 0.25) is 0 Å². The molecule has 0 aliphatic carbocycles. The van der Waals surface area contributed by atoms with Gasteiger partial charge < -0.3 is 10.2 Å². The predicted molar refractivity (Wildman–Crippen MR) is 67.5 cm³/mol. The van der Waals surface area contributed by atoms with Crippen molar-refractivity contribution in [2.75, 3.05) is 24.5 Å². The Hall–Kier alpha value is -2.13. The first-order valence-corrected chi connectivity index (χ1v) is 5.83. The Morgan fingerprint density at radius 3 is 2.78 bits per heavy atom. The molecule has 0 amide bonds. The lowest BCUT2D eigenvalue weighted by molar-refractivity contribution is -0.385. The largest absolute Gasteiger partial charge is 0.366 e. The van der Waals surface area contributed by atoms with Gasteiger partial charge in [0, 0.05) is 31.4 Å². The maximum atomic E-state index is 10.9. The van der Waals surface area contributed by atoms with E-state index >= 15 is 0 Å². The Labute approximate surface area is 105 Å². The van der Waals surface area contributed by atoms with E-state index in [1.165, 1.54) is 12.1 Å². The molecule has 1 fully saturated rings. The molecule has 0 bridgehead atoms. The van der Waals surface area contributed by atoms with Crippen LogP contribution in [0.1, 0.15) is 12.5 Å². The lowest BCUT2D eigenvalue weighted by Gasteiger charge is -2.39. The van der Waals surface area contributed by atoms with Crippen LogP contribution in [0.4, 0.5) is 11.4 Å². The van der Waals surface area contributed by atoms with E-state index in [9.17, 15) is 10.1 Å². The van der Waals surface area contributed by atoms with Crippen LogP contribution in [0.3, 0.4) is 0 Å². The summed E-state index contributed by atoms with van der Waals surface area (Å²) in [6, 6.07) is 7.00. The molecule has 6 nitrogen and oxygen atoms in total. The van der Waals surface area contributed by atoms with Crippen molar-refractivity contribution >= 4 is 11.4 Å². The average molecular weight is 246 g/mol. The molecular formula is C12H14N4O2. The summed E-state index contributed by atoms with van der Waals surface area (Å²) < 4.78 is 0. The Morgan fingerprint density at radius 2 is 2.33 bits per heavy atom. The monoisotopic (exact) mass is 246 g/mol. The first-order chi connectivity index (χ1) is 8.67. The molecule has 18 heavy (non-hydrogen) atoms. The Bertz CT molecular complexity index is 505. The first-order valence-electron chi connectivity index (χ1n) is 5.83. The van der Waals surface area contributed by atoms with E-state index in [1.807, 2.05) is 13.0 Å². The fraction of sp³-hybridized carbons (Fsp3) is 0.417. The van der Waals surface area contributed by atoms with Crippen LogP contribution >= 0.6 is 0 Å². The van der Waals surface area contributed by atoms with E-state index in [4.69, 9.17) is 5.26 Å². The molecule has 1 aromatic rings. The Morgan fingerprint density at radius 1 is 1.61 bits per heavy atom. The number of nitro benzene ring substituents is 1. The fourth-order valence-corrected chi connectivity index (χ4v) is 2.09. The Balaban J connectivity index is 2.36. The molecule has 1 N–H and O–H groups in total. The molecule has 1 heterocycles. The fourth-order valence-electron chi connectivity index (χ4n) is 2.09. The van der Waals surface area contributed by atoms with Gasteiger partial charge in [-0.1, -0.05) is 0 Å². The number of benzene rings is 1. The molecule has 94 valence electrons. The molecule has 2 rings (SSSR count). The van der Waals surface area contributed by atoms with Crippen molar-refractivity contribution in [2.45, 2.75) is 13.0 Å². The van der Waals surface area contributed by atoms with Gasteiger partial charge in [-0.05, 0) is 19.1 Å². The molecule has 6 heteroatoms. The second kappa shape index (κ2) is 5.02. The highest BCUT2D eigenvalue weighted by Gasteiger charge is 2.25. The minimum absolute atomic E-state index is 0.103. The highest BCUT2D eigenvalue weighted by Crippen LogP contribution is 2.27. The number of nitrogens with zero attached hydrogens (tertiary/aromatic N) is 3. The van der Waals surface area contributed by atoms with Crippen molar-refractivity contribution in [3.05, 3.63) is 33.9 Å². The molecule has 0 atom stereocenters. The van der Waals surface area contributed by atoms with Crippen LogP contribution < -0.4 is 10.2 Å². The minimum Gasteiger partial charge on any atom is -0.366 e. The summed E-state index contributed by atoms with van der Waals surface area (Å²) in [6.45, 7) is 4.58. The molecule has 1 saturated heterocycles. The molecule has 0 radical (unpaired) electrons. The Kier molecular flexibility index (Phi) is 3.44. The third-order valence-corrected chi connectivity index (χ3v) is 3.17. The number of nitro groups is 1. The van der Waals surface area contributed by atoms with Crippen molar-refractivity contribution in [3.63, 3.8) is 0 Å². The van der Waals surface area contributed by atoms with Crippen LogP contribution in [-0.4, -0.2) is 30.6 Å². The molecular weight excluding hydrogens is 232 g/mol. The third-order valence-electron chi connectivity index (χ3n) is 3.17. The van der Waals surface area contributed by atoms with Gasteiger partial charge in [0.05, 0.1) is 11.0 Å². The van der Waals surface area contributed by atoms with Crippen LogP contribution in [-0.2, 0) is 0 Å². The summed E-state index contributed by atoms with van der Waals surface area (Å²) in [5.41, 5.74) is 0.780. The molecule has 1 aliphatic heterocycles. The number of nitrogens with one attached hydrogen (secondary N) is 1. The molecule has 0 spiro atoms. The van der Waals surface area contributed by atoms with Crippen LogP contribution in [0.25, 0.3) is 0 Å². The number of anilines is 1. The smallest absolute Gasteiger partial charge is 0.289 e. The van der Waals surface area contributed by atoms with Gasteiger partial charge in [-0.3, -0.25) is 10.1 Å². The normalized spacial score (nSPS) is 14.7. The highest BCUT2D eigenvalue weighted by molar-refractivity contribution is 5.61. The van der Waals surface area contributed by atoms with E-state index in [2.05, 4.69) is 10.2 Å². The van der Waals surface area contributed by atoms with E-state index < -0.39 is 4.92 Å². The van der Waals surface area contributed by atoms with Gasteiger partial charge >= 0.3 is 0 Å². The van der Waals surface area contributed by atoms with Crippen LogP contribution in [0.5, 0.6) is 0 Å². The lowest BCUT2D eigenvalue weighted by Crippen LogP contribution is -2.57. The van der Waals surface area contributed by atoms with Gasteiger partial charge in [-0.25, -0.2) is 0 Å². The van der Waals surface area contributed by atoms with Crippen LogP contribution in [0, 0.1) is 21.4 Å². The summed E-state index contributed by atoms with van der Waals surface area (Å²) in [5, 5.41) is 22.9. The molecule has 1 aromatic carbocycles. The van der Waals surface area contributed by atoms with E-state index in [-0.39, 0.29) is 11.3 Å². The predicted octanol–water partition coefficient (Wildman–Crippen LogP) is 1.26. The summed E-state index contributed by atoms with van der Waals surface area (Å²) in [6.07, 6.45) is 0. The average Bonchev–Trinajstić information content (AvgIpc) is 2.32. The zero-order chi connectivity index (χ0) is 13.1. The van der Waals surface area contributed by atoms with Gasteiger partial charge in [0.2, 0.25) is 0 Å². The number of likely N-dealkylation sites (N-methyl/N-ethyl adjacent to an activating group) is 1. The summed E-state index contributed by atoms with van der Waals surface area (Å²) in [7, 11) is 0. The van der Waals surface area contributed by atoms with Crippen LogP contribution in [0.15, 0.2) is 18.2 Å². The first kappa shape index (κ1) is 12.3. The zero-order valence-electron chi connectivity index (χ0n) is 10.1. The SMILES string of the molecule is CCN(c1ccc(C#N)c([N+](=O)[O-])c1)C1CNC1. The number of rotatable bonds is 4. The maximum Gasteiger partial charge on any atom is 0.289 e. The zero-order valence-corrected chi connectivity index (χ0v) is 10.1. The number of hydrogen-bond acceptors (Lipinski definition) is 5. The second-order valence-electron chi connectivity index (χ2n) is 4.17. The molecule has 0 unspecified atom stereocenters. The summed E-state index contributed by atoms with van der Waals surface area (Å²) in [4.78, 5) is 12.5. The third kappa shape index (κ3) is 2.13. The van der Waals surface area contributed by atoms with Crippen molar-refractivity contribution in [3.8, 4) is 6.07 Å². The number of hydrogen-bond donors (Lipinski definition) is 1. The summed E-state index contributed by atoms with van der Waals surface area (Å²) in [5.74, 6) is 0. The molecule has 1 aliphatic rings. The van der Waals surface area contributed by atoms with Gasteiger partial charge in [0.25, 0.3) is 5.69 Å². The summed E-state index contributed by atoms with van der Waals surface area (Å²) >= 11 is 0. The topological polar surface area (TPSA) is 82.2 Å². The van der Waals surface area contributed by atoms with Gasteiger partial charge in [0.15, 0.2) is 0 Å². The quantitative estimate of drug-likeness (QED) is 0.639. The minimum atomic E-state index is -0.505. The van der Waals surface area contributed by atoms with Gasteiger partial charge in [0.1, 0.15) is 11.6 Å². The van der Waals surface area contributed by atoms with E-state index in [0.717, 1.165) is 25.3 Å².